The van der Waals surface area contributed by atoms with E-state index >= 15 is 0 Å². The minimum absolute atomic E-state index is 0.230. The van der Waals surface area contributed by atoms with Crippen LogP contribution >= 0.6 is 0 Å². The average molecular weight is 534 g/mol. The van der Waals surface area contributed by atoms with E-state index in [1.165, 1.54) is 0 Å². The maximum Gasteiger partial charge on any atom is 0.410 e. The number of anilines is 1. The van der Waals surface area contributed by atoms with Crippen molar-refractivity contribution in [2.75, 3.05) is 57.4 Å². The van der Waals surface area contributed by atoms with Gasteiger partial charge in [0.25, 0.3) is 5.91 Å². The summed E-state index contributed by atoms with van der Waals surface area (Å²) in [5.41, 5.74) is 2.19. The minimum atomic E-state index is -0.587. The van der Waals surface area contributed by atoms with Crippen LogP contribution in [0.5, 0.6) is 0 Å². The van der Waals surface area contributed by atoms with Gasteiger partial charge in [-0.05, 0) is 39.0 Å². The van der Waals surface area contributed by atoms with Crippen LogP contribution in [0.25, 0.3) is 16.9 Å². The van der Waals surface area contributed by atoms with Crippen LogP contribution in [0, 0.1) is 0 Å². The molecule has 2 fully saturated rings. The van der Waals surface area contributed by atoms with Crippen molar-refractivity contribution in [1.29, 1.82) is 0 Å². The maximum atomic E-state index is 13.8. The lowest BCUT2D eigenvalue weighted by Crippen LogP contribution is -2.51. The summed E-state index contributed by atoms with van der Waals surface area (Å²) in [6.45, 7) is 9.73. The molecule has 2 saturated heterocycles. The summed E-state index contributed by atoms with van der Waals surface area (Å²) in [7, 11) is 0. The van der Waals surface area contributed by atoms with Crippen molar-refractivity contribution in [3.05, 3.63) is 70.8 Å². The average Bonchev–Trinajstić information content (AvgIpc) is 3.29. The van der Waals surface area contributed by atoms with Gasteiger partial charge in [0.1, 0.15) is 11.3 Å². The zero-order chi connectivity index (χ0) is 27.6. The Balaban J connectivity index is 1.46. The van der Waals surface area contributed by atoms with E-state index in [1.807, 2.05) is 75.4 Å². The van der Waals surface area contributed by atoms with Gasteiger partial charge < -0.3 is 29.2 Å². The zero-order valence-electron chi connectivity index (χ0n) is 22.7. The van der Waals surface area contributed by atoms with Crippen LogP contribution in [0.15, 0.2) is 59.4 Å². The normalized spacial score (nSPS) is 16.3. The number of benzene rings is 2. The van der Waals surface area contributed by atoms with Crippen molar-refractivity contribution in [3.8, 4) is 16.9 Å². The lowest BCUT2D eigenvalue weighted by molar-refractivity contribution is 0.0140. The highest BCUT2D eigenvalue weighted by Crippen LogP contribution is 2.28. The Bertz CT molecular complexity index is 1380. The van der Waals surface area contributed by atoms with E-state index in [0.29, 0.717) is 50.8 Å². The number of carbonyl (C=O) groups excluding carboxylic acids is 2. The summed E-state index contributed by atoms with van der Waals surface area (Å²) in [4.78, 5) is 48.1. The van der Waals surface area contributed by atoms with Crippen molar-refractivity contribution < 1.29 is 19.1 Å². The standard InChI is InChI=1S/C29H35N5O5/c1-29(2,3)39-28(37)33-14-12-32(13-15-33)26(35)24-25(21-8-5-4-6-9-21)34(27(36)30-24)23-11-7-10-22(20-23)31-16-18-38-19-17-31/h4-11,20H,12-19H2,1-3H3,(H,30,36). The highest BCUT2D eigenvalue weighted by molar-refractivity contribution is 5.98. The quantitative estimate of drug-likeness (QED) is 0.552. The highest BCUT2D eigenvalue weighted by Gasteiger charge is 2.31. The van der Waals surface area contributed by atoms with Crippen LogP contribution in [0.3, 0.4) is 0 Å². The first-order chi connectivity index (χ1) is 18.7. The number of nitrogens with one attached hydrogen (secondary N) is 1. The molecule has 2 aliphatic heterocycles. The van der Waals surface area contributed by atoms with Crippen LogP contribution in [0.2, 0.25) is 0 Å². The van der Waals surface area contributed by atoms with Crippen molar-refractivity contribution in [1.82, 2.24) is 19.4 Å². The summed E-state index contributed by atoms with van der Waals surface area (Å²) < 4.78 is 12.5. The number of piperazine rings is 1. The number of imidazole rings is 1. The van der Waals surface area contributed by atoms with Gasteiger partial charge in [0, 0.05) is 50.5 Å². The number of aromatic nitrogens is 2. The molecule has 2 aliphatic rings. The maximum absolute atomic E-state index is 13.8. The van der Waals surface area contributed by atoms with Crippen molar-refractivity contribution in [2.24, 2.45) is 0 Å². The number of hydrogen-bond acceptors (Lipinski definition) is 6. The molecule has 5 rings (SSSR count). The van der Waals surface area contributed by atoms with Gasteiger partial charge in [-0.15, -0.1) is 0 Å². The molecule has 2 amide bonds. The first kappa shape index (κ1) is 26.6. The summed E-state index contributed by atoms with van der Waals surface area (Å²) in [5.74, 6) is -0.280. The van der Waals surface area contributed by atoms with E-state index in [9.17, 15) is 14.4 Å². The molecule has 1 N–H and O–H groups in total. The Hall–Kier alpha value is -4.05. The Morgan fingerprint density at radius 3 is 2.15 bits per heavy atom. The largest absolute Gasteiger partial charge is 0.444 e. The fourth-order valence-corrected chi connectivity index (χ4v) is 4.93. The third kappa shape index (κ3) is 5.85. The van der Waals surface area contributed by atoms with E-state index in [0.717, 1.165) is 24.3 Å². The second-order valence-electron chi connectivity index (χ2n) is 10.7. The SMILES string of the molecule is CC(C)(C)OC(=O)N1CCN(C(=O)c2[nH]c(=O)n(-c3cccc(N4CCOCC4)c3)c2-c2ccccc2)CC1. The summed E-state index contributed by atoms with van der Waals surface area (Å²) in [5, 5.41) is 0. The van der Waals surface area contributed by atoms with Gasteiger partial charge >= 0.3 is 11.8 Å². The first-order valence-electron chi connectivity index (χ1n) is 13.3. The van der Waals surface area contributed by atoms with Crippen molar-refractivity contribution in [2.45, 2.75) is 26.4 Å². The van der Waals surface area contributed by atoms with Gasteiger partial charge in [0.15, 0.2) is 0 Å². The van der Waals surface area contributed by atoms with Crippen LogP contribution in [0.1, 0.15) is 31.3 Å². The van der Waals surface area contributed by atoms with Crippen LogP contribution in [-0.2, 0) is 9.47 Å². The molecular formula is C29H35N5O5. The number of carbonyl (C=O) groups is 2. The molecule has 10 heteroatoms. The number of nitrogens with zero attached hydrogens (tertiary/aromatic N) is 4. The van der Waals surface area contributed by atoms with E-state index in [-0.39, 0.29) is 23.4 Å². The third-order valence-electron chi connectivity index (χ3n) is 6.84. The highest BCUT2D eigenvalue weighted by atomic mass is 16.6. The number of ether oxygens (including phenoxy) is 2. The molecule has 3 heterocycles. The molecule has 0 unspecified atom stereocenters. The minimum Gasteiger partial charge on any atom is -0.444 e. The van der Waals surface area contributed by atoms with Crippen molar-refractivity contribution >= 4 is 17.7 Å². The van der Waals surface area contributed by atoms with Crippen molar-refractivity contribution in [3.63, 3.8) is 0 Å². The van der Waals surface area contributed by atoms with Gasteiger partial charge in [-0.1, -0.05) is 36.4 Å². The predicted octanol–water partition coefficient (Wildman–Crippen LogP) is 3.36. The zero-order valence-corrected chi connectivity index (χ0v) is 22.7. The number of rotatable bonds is 4. The van der Waals surface area contributed by atoms with Gasteiger partial charge in [-0.3, -0.25) is 9.36 Å². The van der Waals surface area contributed by atoms with Crippen LogP contribution in [0.4, 0.5) is 10.5 Å². The summed E-state index contributed by atoms with van der Waals surface area (Å²) in [6.07, 6.45) is -0.390. The fourth-order valence-electron chi connectivity index (χ4n) is 4.93. The summed E-state index contributed by atoms with van der Waals surface area (Å²) >= 11 is 0. The molecule has 0 aliphatic carbocycles. The smallest absolute Gasteiger partial charge is 0.410 e. The second-order valence-corrected chi connectivity index (χ2v) is 10.7. The van der Waals surface area contributed by atoms with E-state index < -0.39 is 5.60 Å². The molecule has 3 aromatic rings. The van der Waals surface area contributed by atoms with Crippen LogP contribution < -0.4 is 10.6 Å². The Kier molecular flexibility index (Phi) is 7.47. The Morgan fingerprint density at radius 2 is 1.49 bits per heavy atom. The molecule has 0 saturated carbocycles. The molecular weight excluding hydrogens is 498 g/mol. The number of morpholine rings is 1. The van der Waals surface area contributed by atoms with Gasteiger partial charge in [-0.2, -0.15) is 0 Å². The first-order valence-corrected chi connectivity index (χ1v) is 13.3. The van der Waals surface area contributed by atoms with E-state index in [2.05, 4.69) is 9.88 Å². The topological polar surface area (TPSA) is 100 Å². The second kappa shape index (κ2) is 11.0. The number of hydrogen-bond donors (Lipinski definition) is 1. The molecule has 39 heavy (non-hydrogen) atoms. The lowest BCUT2D eigenvalue weighted by atomic mass is 10.1. The lowest BCUT2D eigenvalue weighted by Gasteiger charge is -2.35. The van der Waals surface area contributed by atoms with Crippen LogP contribution in [-0.4, -0.2) is 89.4 Å². The number of H-pyrrole nitrogens is 1. The molecule has 10 nitrogen and oxygen atoms in total. The predicted molar refractivity (Wildman–Crippen MR) is 149 cm³/mol. The Morgan fingerprint density at radius 1 is 0.846 bits per heavy atom. The molecule has 0 radical (unpaired) electrons. The Labute approximate surface area is 227 Å². The van der Waals surface area contributed by atoms with E-state index in [4.69, 9.17) is 9.47 Å². The monoisotopic (exact) mass is 533 g/mol. The molecule has 1 aromatic heterocycles. The van der Waals surface area contributed by atoms with Gasteiger partial charge in [0.05, 0.1) is 24.6 Å². The fraction of sp³-hybridized carbons (Fsp3) is 0.414. The molecule has 0 atom stereocenters. The summed E-state index contributed by atoms with van der Waals surface area (Å²) in [6, 6.07) is 17.2. The molecule has 0 spiro atoms. The number of aromatic amines is 1. The molecule has 206 valence electrons. The van der Waals surface area contributed by atoms with Gasteiger partial charge in [-0.25, -0.2) is 9.59 Å². The third-order valence-corrected chi connectivity index (χ3v) is 6.84. The van der Waals surface area contributed by atoms with E-state index in [1.54, 1.807) is 14.4 Å². The number of amides is 2. The molecule has 0 bridgehead atoms. The molecule has 2 aromatic carbocycles. The van der Waals surface area contributed by atoms with Gasteiger partial charge in [0.2, 0.25) is 0 Å².